The van der Waals surface area contributed by atoms with E-state index in [0.717, 1.165) is 35.8 Å². The van der Waals surface area contributed by atoms with Gasteiger partial charge in [-0.1, -0.05) is 30.4 Å². The lowest BCUT2D eigenvalue weighted by molar-refractivity contribution is -0.131. The third kappa shape index (κ3) is 4.87. The molecule has 0 saturated carbocycles. The molecule has 1 heterocycles. The van der Waals surface area contributed by atoms with Crippen LogP contribution in [0.4, 0.5) is 0 Å². The van der Waals surface area contributed by atoms with Crippen molar-refractivity contribution in [3.8, 4) is 5.75 Å². The summed E-state index contributed by atoms with van der Waals surface area (Å²) in [5, 5.41) is 2.00. The molecular weight excluding hydrogens is 424 g/mol. The first kappa shape index (κ1) is 23.5. The van der Waals surface area contributed by atoms with Gasteiger partial charge in [0.25, 0.3) is 0 Å². The van der Waals surface area contributed by atoms with E-state index in [0.29, 0.717) is 0 Å². The number of benzene rings is 2. The standard InChI is InChI=1S/C24H26N4O5/c1-5-11-26-22(30)27(12-6-2)24(32)28(23(26)31)16-21(29)25(3)15-17-7-8-19-14-20(33-4)10-9-18(19)13-17/h5-10,13-14H,1-2,11-12,15-16H2,3-4H3. The number of carbonyl (C=O) groups excluding carboxylic acids is 1. The molecule has 0 atom stereocenters. The van der Waals surface area contributed by atoms with Crippen molar-refractivity contribution in [3.05, 3.63) is 98.7 Å². The minimum atomic E-state index is -0.855. The van der Waals surface area contributed by atoms with E-state index in [1.54, 1.807) is 14.2 Å². The number of aromatic nitrogens is 3. The zero-order valence-electron chi connectivity index (χ0n) is 18.7. The van der Waals surface area contributed by atoms with Gasteiger partial charge in [-0.25, -0.2) is 28.1 Å². The molecule has 1 aromatic heterocycles. The molecule has 0 unspecified atom stereocenters. The molecule has 33 heavy (non-hydrogen) atoms. The minimum Gasteiger partial charge on any atom is -0.497 e. The van der Waals surface area contributed by atoms with Crippen LogP contribution < -0.4 is 21.8 Å². The number of nitrogens with zero attached hydrogens (tertiary/aromatic N) is 4. The highest BCUT2D eigenvalue weighted by molar-refractivity contribution is 5.84. The van der Waals surface area contributed by atoms with Gasteiger partial charge in [0.05, 0.1) is 20.2 Å². The van der Waals surface area contributed by atoms with Gasteiger partial charge in [-0.3, -0.25) is 4.79 Å². The Kier molecular flexibility index (Phi) is 7.12. The van der Waals surface area contributed by atoms with E-state index in [4.69, 9.17) is 4.74 Å². The first-order chi connectivity index (χ1) is 15.8. The van der Waals surface area contributed by atoms with Crippen molar-refractivity contribution in [2.75, 3.05) is 14.2 Å². The van der Waals surface area contributed by atoms with Gasteiger partial charge in [0.1, 0.15) is 12.3 Å². The molecule has 2 aromatic carbocycles. The Balaban J connectivity index is 1.87. The quantitative estimate of drug-likeness (QED) is 0.459. The summed E-state index contributed by atoms with van der Waals surface area (Å²) >= 11 is 0. The lowest BCUT2D eigenvalue weighted by atomic mass is 10.1. The summed E-state index contributed by atoms with van der Waals surface area (Å²) in [5.41, 5.74) is -1.59. The van der Waals surface area contributed by atoms with Crippen LogP contribution in [0.1, 0.15) is 5.56 Å². The summed E-state index contributed by atoms with van der Waals surface area (Å²) in [6, 6.07) is 11.5. The van der Waals surface area contributed by atoms with Crippen LogP contribution in [-0.2, 0) is 31.0 Å². The molecule has 3 aromatic rings. The number of likely N-dealkylation sites (N-methyl/N-ethyl adjacent to an activating group) is 1. The number of methoxy groups -OCH3 is 1. The van der Waals surface area contributed by atoms with Crippen molar-refractivity contribution in [1.29, 1.82) is 0 Å². The van der Waals surface area contributed by atoms with Crippen molar-refractivity contribution in [2.45, 2.75) is 26.2 Å². The summed E-state index contributed by atoms with van der Waals surface area (Å²) < 4.78 is 7.73. The van der Waals surface area contributed by atoms with Gasteiger partial charge in [-0.2, -0.15) is 0 Å². The van der Waals surface area contributed by atoms with E-state index >= 15 is 0 Å². The molecule has 0 N–H and O–H groups in total. The number of ether oxygens (including phenoxy) is 1. The van der Waals surface area contributed by atoms with Crippen LogP contribution in [0.5, 0.6) is 5.75 Å². The molecule has 0 radical (unpaired) electrons. The molecule has 0 bridgehead atoms. The van der Waals surface area contributed by atoms with E-state index in [9.17, 15) is 19.2 Å². The van der Waals surface area contributed by atoms with Gasteiger partial charge in [0, 0.05) is 13.6 Å². The summed E-state index contributed by atoms with van der Waals surface area (Å²) in [6.07, 6.45) is 2.75. The predicted molar refractivity (Wildman–Crippen MR) is 127 cm³/mol. The molecule has 0 aliphatic carbocycles. The molecule has 0 aliphatic heterocycles. The maximum absolute atomic E-state index is 12.9. The molecule has 0 aliphatic rings. The molecule has 172 valence electrons. The van der Waals surface area contributed by atoms with Crippen LogP contribution in [0.25, 0.3) is 10.8 Å². The molecule has 0 saturated heterocycles. The Morgan fingerprint density at radius 3 is 2.03 bits per heavy atom. The van der Waals surface area contributed by atoms with Crippen LogP contribution in [0, 0.1) is 0 Å². The fourth-order valence-electron chi connectivity index (χ4n) is 3.51. The predicted octanol–water partition coefficient (Wildman–Crippen LogP) is 1.36. The molecule has 0 spiro atoms. The smallest absolute Gasteiger partial charge is 0.337 e. The zero-order valence-corrected chi connectivity index (χ0v) is 18.7. The largest absolute Gasteiger partial charge is 0.497 e. The number of allylic oxidation sites excluding steroid dienone is 2. The van der Waals surface area contributed by atoms with Crippen LogP contribution in [0.15, 0.2) is 76.1 Å². The Hall–Kier alpha value is -4.14. The molecule has 9 heteroatoms. The fraction of sp³-hybridized carbons (Fsp3) is 0.250. The number of hydrogen-bond acceptors (Lipinski definition) is 5. The maximum atomic E-state index is 12.9. The normalized spacial score (nSPS) is 10.7. The summed E-state index contributed by atoms with van der Waals surface area (Å²) in [4.78, 5) is 52.2. The van der Waals surface area contributed by atoms with Crippen molar-refractivity contribution in [2.24, 2.45) is 0 Å². The number of hydrogen-bond donors (Lipinski definition) is 0. The number of carbonyl (C=O) groups is 1. The summed E-state index contributed by atoms with van der Waals surface area (Å²) in [5.74, 6) is 0.311. The van der Waals surface area contributed by atoms with Crippen molar-refractivity contribution >= 4 is 16.7 Å². The highest BCUT2D eigenvalue weighted by Gasteiger charge is 2.18. The first-order valence-corrected chi connectivity index (χ1v) is 10.3. The van der Waals surface area contributed by atoms with Crippen LogP contribution >= 0.6 is 0 Å². The fourth-order valence-corrected chi connectivity index (χ4v) is 3.51. The Morgan fingerprint density at radius 2 is 1.45 bits per heavy atom. The lowest BCUT2D eigenvalue weighted by Crippen LogP contribution is -2.55. The third-order valence-electron chi connectivity index (χ3n) is 5.26. The molecule has 9 nitrogen and oxygen atoms in total. The lowest BCUT2D eigenvalue weighted by Gasteiger charge is -2.19. The van der Waals surface area contributed by atoms with E-state index in [2.05, 4.69) is 13.2 Å². The summed E-state index contributed by atoms with van der Waals surface area (Å²) in [6.45, 7) is 6.69. The average molecular weight is 450 g/mol. The molecular formula is C24H26N4O5. The van der Waals surface area contributed by atoms with Crippen LogP contribution in [0.2, 0.25) is 0 Å². The van der Waals surface area contributed by atoms with Gasteiger partial charge in [-0.05, 0) is 34.5 Å². The van der Waals surface area contributed by atoms with Gasteiger partial charge >= 0.3 is 17.1 Å². The van der Waals surface area contributed by atoms with Crippen molar-refractivity contribution in [1.82, 2.24) is 18.6 Å². The Labute approximate surface area is 190 Å². The van der Waals surface area contributed by atoms with E-state index in [1.165, 1.54) is 17.1 Å². The Morgan fingerprint density at radius 1 is 0.909 bits per heavy atom. The van der Waals surface area contributed by atoms with Gasteiger partial charge < -0.3 is 9.64 Å². The van der Waals surface area contributed by atoms with Gasteiger partial charge in [0.2, 0.25) is 5.91 Å². The van der Waals surface area contributed by atoms with E-state index < -0.39 is 29.5 Å². The SMILES string of the molecule is C=CCn1c(=O)n(CC=C)c(=O)n(CC(=O)N(C)Cc2ccc3cc(OC)ccc3c2)c1=O. The van der Waals surface area contributed by atoms with Crippen LogP contribution in [-0.4, -0.2) is 38.7 Å². The number of fused-ring (bicyclic) bond motifs is 1. The Bertz CT molecular complexity index is 1350. The first-order valence-electron chi connectivity index (χ1n) is 10.3. The molecule has 1 amide bonds. The van der Waals surface area contributed by atoms with E-state index in [-0.39, 0.29) is 19.6 Å². The van der Waals surface area contributed by atoms with Gasteiger partial charge in [0.15, 0.2) is 0 Å². The number of rotatable bonds is 9. The average Bonchev–Trinajstić information content (AvgIpc) is 2.81. The van der Waals surface area contributed by atoms with E-state index in [1.807, 2.05) is 36.4 Å². The highest BCUT2D eigenvalue weighted by atomic mass is 16.5. The maximum Gasteiger partial charge on any atom is 0.337 e. The molecule has 0 fully saturated rings. The summed E-state index contributed by atoms with van der Waals surface area (Å²) in [7, 11) is 3.20. The zero-order chi connectivity index (χ0) is 24.1. The second-order valence-electron chi connectivity index (χ2n) is 7.53. The monoisotopic (exact) mass is 450 g/mol. The highest BCUT2D eigenvalue weighted by Crippen LogP contribution is 2.22. The van der Waals surface area contributed by atoms with Gasteiger partial charge in [-0.15, -0.1) is 13.2 Å². The third-order valence-corrected chi connectivity index (χ3v) is 5.26. The number of amides is 1. The van der Waals surface area contributed by atoms with Crippen LogP contribution in [0.3, 0.4) is 0 Å². The van der Waals surface area contributed by atoms with Crippen molar-refractivity contribution < 1.29 is 9.53 Å². The topological polar surface area (TPSA) is 95.5 Å². The molecule has 3 rings (SSSR count). The second-order valence-corrected chi connectivity index (χ2v) is 7.53. The second kappa shape index (κ2) is 9.99. The minimum absolute atomic E-state index is 0.0823. The van der Waals surface area contributed by atoms with Crippen molar-refractivity contribution in [3.63, 3.8) is 0 Å².